The van der Waals surface area contributed by atoms with Gasteiger partial charge in [-0.3, -0.25) is 4.79 Å². The highest BCUT2D eigenvalue weighted by Gasteiger charge is 2.21. The van der Waals surface area contributed by atoms with Crippen LogP contribution in [-0.2, 0) is 4.79 Å². The van der Waals surface area contributed by atoms with Gasteiger partial charge in [0.25, 0.3) is 5.91 Å². The van der Waals surface area contributed by atoms with Gasteiger partial charge >= 0.3 is 5.63 Å². The summed E-state index contributed by atoms with van der Waals surface area (Å²) >= 11 is 0. The van der Waals surface area contributed by atoms with Crippen molar-refractivity contribution in [1.29, 1.82) is 0 Å². The summed E-state index contributed by atoms with van der Waals surface area (Å²) in [6.45, 7) is 2.35. The maximum Gasteiger partial charge on any atom is 0.336 e. The normalized spacial score (nSPS) is 15.2. The van der Waals surface area contributed by atoms with Crippen molar-refractivity contribution >= 4 is 16.9 Å². The van der Waals surface area contributed by atoms with Crippen LogP contribution in [0.5, 0.6) is 17.2 Å². The van der Waals surface area contributed by atoms with Crippen molar-refractivity contribution in [2.75, 3.05) is 19.8 Å². The first-order chi connectivity index (χ1) is 13.6. The van der Waals surface area contributed by atoms with E-state index < -0.39 is 5.63 Å². The van der Waals surface area contributed by atoms with E-state index in [-0.39, 0.29) is 18.6 Å². The number of carbonyl (C=O) groups excluding carboxylic acids is 1. The van der Waals surface area contributed by atoms with Gasteiger partial charge < -0.3 is 23.9 Å². The molecule has 1 atom stereocenters. The first-order valence-corrected chi connectivity index (χ1v) is 8.91. The van der Waals surface area contributed by atoms with Gasteiger partial charge in [0.1, 0.15) is 24.0 Å². The van der Waals surface area contributed by atoms with Gasteiger partial charge in [0.05, 0.1) is 6.54 Å². The molecule has 1 N–H and O–H groups in total. The fraction of sp³-hybridized carbons (Fsp3) is 0.238. The molecule has 0 spiro atoms. The van der Waals surface area contributed by atoms with Crippen LogP contribution in [0, 0.1) is 6.92 Å². The van der Waals surface area contributed by atoms with Gasteiger partial charge in [-0.15, -0.1) is 0 Å². The van der Waals surface area contributed by atoms with Gasteiger partial charge in [0, 0.05) is 17.5 Å². The minimum atomic E-state index is -0.420. The highest BCUT2D eigenvalue weighted by atomic mass is 16.6. The number of benzene rings is 2. The SMILES string of the molecule is Cc1cc(=O)oc2cc(OCC(=O)NC[C@H]3COc4ccccc4O3)ccc12. The molecule has 1 aliphatic heterocycles. The first kappa shape index (κ1) is 17.9. The molecule has 1 aliphatic rings. The monoisotopic (exact) mass is 381 g/mol. The van der Waals surface area contributed by atoms with Crippen molar-refractivity contribution in [1.82, 2.24) is 5.32 Å². The number of hydrogen-bond acceptors (Lipinski definition) is 6. The molecule has 0 bridgehead atoms. The predicted octanol–water partition coefficient (Wildman–Crippen LogP) is 2.44. The molecule has 0 saturated heterocycles. The number of fused-ring (bicyclic) bond motifs is 2. The molecule has 0 radical (unpaired) electrons. The van der Waals surface area contributed by atoms with Crippen molar-refractivity contribution in [3.63, 3.8) is 0 Å². The Morgan fingerprint density at radius 1 is 1.18 bits per heavy atom. The maximum absolute atomic E-state index is 12.1. The Kier molecular flexibility index (Phi) is 4.89. The standard InChI is InChI=1S/C21H19NO6/c1-13-8-21(24)28-19-9-14(6-7-16(13)19)25-12-20(23)22-10-15-11-26-17-4-2-3-5-18(17)27-15/h2-9,15H,10-12H2,1H3,(H,22,23)/t15-/m0/s1. The average molecular weight is 381 g/mol. The van der Waals surface area contributed by atoms with E-state index in [1.54, 1.807) is 18.2 Å². The molecule has 0 unspecified atom stereocenters. The Balaban J connectivity index is 1.30. The largest absolute Gasteiger partial charge is 0.486 e. The summed E-state index contributed by atoms with van der Waals surface area (Å²) in [6.07, 6.45) is -0.267. The van der Waals surface area contributed by atoms with Crippen LogP contribution in [0.25, 0.3) is 11.0 Å². The summed E-state index contributed by atoms with van der Waals surface area (Å²) in [5, 5.41) is 3.59. The number of amides is 1. The lowest BCUT2D eigenvalue weighted by molar-refractivity contribution is -0.123. The Morgan fingerprint density at radius 3 is 2.86 bits per heavy atom. The molecule has 7 nitrogen and oxygen atoms in total. The summed E-state index contributed by atoms with van der Waals surface area (Å²) in [5.41, 5.74) is 0.831. The molecular weight excluding hydrogens is 362 g/mol. The Labute approximate surface area is 160 Å². The van der Waals surface area contributed by atoms with Crippen molar-refractivity contribution in [3.05, 3.63) is 64.5 Å². The maximum atomic E-state index is 12.1. The van der Waals surface area contributed by atoms with Crippen LogP contribution in [0.4, 0.5) is 0 Å². The molecular formula is C21H19NO6. The van der Waals surface area contributed by atoms with Crippen molar-refractivity contribution < 1.29 is 23.4 Å². The predicted molar refractivity (Wildman–Crippen MR) is 102 cm³/mol. The molecule has 0 saturated carbocycles. The summed E-state index contributed by atoms with van der Waals surface area (Å²) in [6, 6.07) is 14.0. The van der Waals surface area contributed by atoms with E-state index in [2.05, 4.69) is 5.32 Å². The van der Waals surface area contributed by atoms with Crippen LogP contribution in [0.1, 0.15) is 5.56 Å². The van der Waals surface area contributed by atoms with Gasteiger partial charge in [-0.25, -0.2) is 4.79 Å². The Bertz CT molecular complexity index is 1070. The van der Waals surface area contributed by atoms with E-state index in [0.717, 1.165) is 10.9 Å². The van der Waals surface area contributed by atoms with Crippen LogP contribution >= 0.6 is 0 Å². The average Bonchev–Trinajstić information content (AvgIpc) is 2.70. The Morgan fingerprint density at radius 2 is 2.00 bits per heavy atom. The van der Waals surface area contributed by atoms with Gasteiger partial charge in [-0.2, -0.15) is 0 Å². The summed E-state index contributed by atoms with van der Waals surface area (Å²) in [7, 11) is 0. The molecule has 2 aromatic carbocycles. The van der Waals surface area contributed by atoms with Crippen LogP contribution < -0.4 is 25.2 Å². The molecule has 7 heteroatoms. The smallest absolute Gasteiger partial charge is 0.336 e. The molecule has 3 aromatic rings. The topological polar surface area (TPSA) is 87.0 Å². The molecule has 28 heavy (non-hydrogen) atoms. The zero-order valence-electron chi connectivity index (χ0n) is 15.3. The highest BCUT2D eigenvalue weighted by molar-refractivity contribution is 5.81. The fourth-order valence-electron chi connectivity index (χ4n) is 2.99. The molecule has 144 valence electrons. The van der Waals surface area contributed by atoms with E-state index in [1.165, 1.54) is 6.07 Å². The van der Waals surface area contributed by atoms with Crippen LogP contribution in [0.15, 0.2) is 57.7 Å². The number of rotatable bonds is 5. The lowest BCUT2D eigenvalue weighted by atomic mass is 10.1. The zero-order chi connectivity index (χ0) is 19.5. The van der Waals surface area contributed by atoms with Gasteiger partial charge in [0.15, 0.2) is 18.1 Å². The number of nitrogens with one attached hydrogen (secondary N) is 1. The molecule has 0 fully saturated rings. The molecule has 1 aromatic heterocycles. The van der Waals surface area contributed by atoms with E-state index in [0.29, 0.717) is 36.0 Å². The zero-order valence-corrected chi connectivity index (χ0v) is 15.3. The van der Waals surface area contributed by atoms with Gasteiger partial charge in [-0.05, 0) is 36.8 Å². The molecule has 0 aliphatic carbocycles. The molecule has 1 amide bonds. The van der Waals surface area contributed by atoms with E-state index in [1.807, 2.05) is 31.2 Å². The number of para-hydroxylation sites is 2. The van der Waals surface area contributed by atoms with Gasteiger partial charge in [0.2, 0.25) is 0 Å². The van der Waals surface area contributed by atoms with E-state index in [9.17, 15) is 9.59 Å². The van der Waals surface area contributed by atoms with Crippen LogP contribution in [0.2, 0.25) is 0 Å². The molecule has 4 rings (SSSR count). The van der Waals surface area contributed by atoms with Crippen LogP contribution in [0.3, 0.4) is 0 Å². The minimum Gasteiger partial charge on any atom is -0.486 e. The lowest BCUT2D eigenvalue weighted by Gasteiger charge is -2.26. The second-order valence-corrected chi connectivity index (χ2v) is 6.50. The fourth-order valence-corrected chi connectivity index (χ4v) is 2.99. The van der Waals surface area contributed by atoms with Crippen molar-refractivity contribution in [3.8, 4) is 17.2 Å². The summed E-state index contributed by atoms with van der Waals surface area (Å²) in [5.74, 6) is 1.53. The van der Waals surface area contributed by atoms with E-state index >= 15 is 0 Å². The quantitative estimate of drug-likeness (QED) is 0.683. The number of carbonyl (C=O) groups is 1. The Hall–Kier alpha value is -3.48. The summed E-state index contributed by atoms with van der Waals surface area (Å²) < 4.78 is 22.1. The third-order valence-electron chi connectivity index (χ3n) is 4.39. The second kappa shape index (κ2) is 7.64. The summed E-state index contributed by atoms with van der Waals surface area (Å²) in [4.78, 5) is 23.6. The number of aryl methyl sites for hydroxylation is 1. The minimum absolute atomic E-state index is 0.161. The first-order valence-electron chi connectivity index (χ1n) is 8.91. The van der Waals surface area contributed by atoms with Gasteiger partial charge in [-0.1, -0.05) is 12.1 Å². The number of ether oxygens (including phenoxy) is 3. The third-order valence-corrected chi connectivity index (χ3v) is 4.39. The second-order valence-electron chi connectivity index (χ2n) is 6.50. The van der Waals surface area contributed by atoms with Crippen molar-refractivity contribution in [2.45, 2.75) is 13.0 Å². The third kappa shape index (κ3) is 3.93. The van der Waals surface area contributed by atoms with Crippen molar-refractivity contribution in [2.24, 2.45) is 0 Å². The highest BCUT2D eigenvalue weighted by Crippen LogP contribution is 2.30. The molecule has 2 heterocycles. The lowest BCUT2D eigenvalue weighted by Crippen LogP contribution is -2.42. The number of hydrogen-bond donors (Lipinski definition) is 1. The van der Waals surface area contributed by atoms with Crippen LogP contribution in [-0.4, -0.2) is 31.8 Å². The van der Waals surface area contributed by atoms with E-state index in [4.69, 9.17) is 18.6 Å².